The van der Waals surface area contributed by atoms with Crippen molar-refractivity contribution in [1.82, 2.24) is 10.8 Å². The van der Waals surface area contributed by atoms with Gasteiger partial charge in [-0.05, 0) is 81.1 Å². The Kier molecular flexibility index (Phi) is 14.1. The predicted molar refractivity (Wildman–Crippen MR) is 195 cm³/mol. The third-order valence-electron chi connectivity index (χ3n) is 12.4. The molecule has 7 N–H and O–H groups in total. The number of aromatic hydroxyl groups is 2. The van der Waals surface area contributed by atoms with Gasteiger partial charge in [0, 0.05) is 23.2 Å². The number of benzene rings is 1. The molecule has 4 aliphatic carbocycles. The number of aliphatic hydroxyl groups is 1. The van der Waals surface area contributed by atoms with Gasteiger partial charge in [-0.1, -0.05) is 32.4 Å². The number of carbonyl (C=O) groups excluding carboxylic acids is 5. The Morgan fingerprint density at radius 1 is 0.932 bits per heavy atom. The van der Waals surface area contributed by atoms with E-state index in [9.17, 15) is 39.3 Å². The Morgan fingerprint density at radius 3 is 2.27 bits per heavy atom. The van der Waals surface area contributed by atoms with Gasteiger partial charge in [0.1, 0.15) is 0 Å². The van der Waals surface area contributed by atoms with Gasteiger partial charge in [0.25, 0.3) is 0 Å². The third kappa shape index (κ3) is 8.83. The smallest absolute Gasteiger partial charge is 0.504 e. The summed E-state index contributed by atoms with van der Waals surface area (Å²) in [6.45, 7) is 3.69. The number of allylic oxidation sites excluding steroid dienone is 4. The van der Waals surface area contributed by atoms with Crippen LogP contribution in [0.3, 0.4) is 0 Å². The summed E-state index contributed by atoms with van der Waals surface area (Å²) in [7, 11) is 0. The number of ether oxygens (including phenoxy) is 4. The lowest BCUT2D eigenvalue weighted by Gasteiger charge is -2.64. The molecule has 2 unspecified atom stereocenters. The number of hydrogen-bond donors (Lipinski definition) is 7. The van der Waals surface area contributed by atoms with E-state index in [-0.39, 0.29) is 63.3 Å². The molecular formula is C38H49ClN2O18. The molecule has 0 saturated heterocycles. The van der Waals surface area contributed by atoms with Crippen LogP contribution in [-0.2, 0) is 38.3 Å². The number of unbranched alkanes of at least 4 members (excludes halogenated alkanes) is 1. The van der Waals surface area contributed by atoms with Crippen molar-refractivity contribution in [3.63, 3.8) is 0 Å². The van der Waals surface area contributed by atoms with Crippen LogP contribution in [-0.4, -0.2) is 120 Å². The van der Waals surface area contributed by atoms with Crippen molar-refractivity contribution in [2.24, 2.45) is 28.6 Å². The lowest BCUT2D eigenvalue weighted by atomic mass is 9.45. The Hall–Kier alpha value is -4.22. The predicted octanol–water partition coefficient (Wildman–Crippen LogP) is 4.09. The van der Waals surface area contributed by atoms with E-state index in [0.29, 0.717) is 19.3 Å². The fourth-order valence-electron chi connectivity index (χ4n) is 9.73. The number of alkyl halides is 1. The molecule has 3 fully saturated rings. The molecule has 1 aromatic rings. The van der Waals surface area contributed by atoms with Crippen LogP contribution in [0.15, 0.2) is 35.9 Å². The minimum atomic E-state index is -2.02. The Balaban J connectivity index is 1.36. The number of Topliss-reactive ketones (excluding diaryl/α,β-unsaturated/α-hetero) is 1. The number of phenolic OH excluding ortho intramolecular Hbond substituents is 2. The van der Waals surface area contributed by atoms with Gasteiger partial charge >= 0.3 is 18.1 Å². The summed E-state index contributed by atoms with van der Waals surface area (Å²) in [6, 6.07) is 1.74. The van der Waals surface area contributed by atoms with E-state index in [0.717, 1.165) is 17.7 Å². The topological polar surface area (TPSA) is 289 Å². The zero-order valence-corrected chi connectivity index (χ0v) is 33.3. The number of rotatable bonds is 17. The summed E-state index contributed by atoms with van der Waals surface area (Å²) in [5.74, 6) is -7.06. The van der Waals surface area contributed by atoms with Gasteiger partial charge in [0.15, 0.2) is 29.5 Å². The Morgan fingerprint density at radius 2 is 1.59 bits per heavy atom. The molecule has 0 heterocycles. The fraction of sp³-hybridized carbons (Fsp3) is 0.605. The monoisotopic (exact) mass is 856 g/mol. The first kappa shape index (κ1) is 45.9. The van der Waals surface area contributed by atoms with Crippen LogP contribution in [0.1, 0.15) is 82.5 Å². The largest absolute Gasteiger partial charge is 0.514 e. The minimum Gasteiger partial charge on any atom is -0.504 e. The standard InChI is InChI=1S/C38H49ClN2O18/c1-21-15-26-25-9-8-23-18-24(42)10-11-35(23,2)37(25,39)29(44)19-36(26,3)38(21,59-31(46)7-6-14-57-41(52)53)30(45)20-55-34(49)58-28-17-22(16-27(43)32(28)47)33(48)54-12-4-5-13-56-40(50)51/h10-11,16-18,21,25-26,29,43-44,47,50-53H,4-9,12-15,19-20H2,1-3H3/t21-,25?,26?,29-,35-,36-,37-,38-/m0/s1. The maximum Gasteiger partial charge on any atom is 0.514 e. The molecule has 21 heteroatoms. The zero-order chi connectivity index (χ0) is 43.5. The van der Waals surface area contributed by atoms with E-state index in [1.807, 2.05) is 6.92 Å². The van der Waals surface area contributed by atoms with Crippen molar-refractivity contribution < 1.29 is 88.7 Å². The van der Waals surface area contributed by atoms with Crippen molar-refractivity contribution in [2.45, 2.75) is 88.7 Å². The van der Waals surface area contributed by atoms with Crippen molar-refractivity contribution in [3.8, 4) is 17.2 Å². The molecule has 0 bridgehead atoms. The van der Waals surface area contributed by atoms with Crippen molar-refractivity contribution >= 4 is 41.3 Å². The third-order valence-corrected chi connectivity index (χ3v) is 13.3. The zero-order valence-electron chi connectivity index (χ0n) is 32.6. The van der Waals surface area contributed by atoms with Gasteiger partial charge in [-0.2, -0.15) is 0 Å². The van der Waals surface area contributed by atoms with E-state index in [1.165, 1.54) is 12.2 Å². The van der Waals surface area contributed by atoms with Gasteiger partial charge < -0.3 is 34.3 Å². The van der Waals surface area contributed by atoms with Crippen LogP contribution < -0.4 is 4.74 Å². The Bertz CT molecular complexity index is 1860. The second-order valence-corrected chi connectivity index (χ2v) is 16.3. The van der Waals surface area contributed by atoms with Gasteiger partial charge in [0.05, 0.1) is 47.1 Å². The average Bonchev–Trinajstić information content (AvgIpc) is 3.38. The molecule has 0 aliphatic heterocycles. The molecular weight excluding hydrogens is 808 g/mol. The molecule has 0 amide bonds. The van der Waals surface area contributed by atoms with Gasteiger partial charge in [0.2, 0.25) is 11.5 Å². The first-order chi connectivity index (χ1) is 27.7. The number of phenols is 2. The Labute approximate surface area is 342 Å². The number of fused-ring (bicyclic) bond motifs is 5. The number of esters is 2. The molecule has 1 aromatic carbocycles. The maximum absolute atomic E-state index is 14.6. The molecule has 8 atom stereocenters. The number of carbonyl (C=O) groups is 5. The van der Waals surface area contributed by atoms with Crippen LogP contribution in [0.5, 0.6) is 17.2 Å². The van der Waals surface area contributed by atoms with Crippen LogP contribution >= 0.6 is 11.6 Å². The summed E-state index contributed by atoms with van der Waals surface area (Å²) in [4.78, 5) is 73.8. The van der Waals surface area contributed by atoms with Gasteiger partial charge in [-0.3, -0.25) is 44.9 Å². The SMILES string of the molecule is C[C@H]1CC2C3CCC4=CC(=O)C=C[C@]4(C)[C@@]3(Cl)[C@@H](O)C[C@]2(C)[C@@]1(OC(=O)CCCON(O)O)C(=O)COC(=O)Oc1cc(C(=O)OCCCCON(O)O)cc(O)c1O. The highest BCUT2D eigenvalue weighted by Crippen LogP contribution is 2.72. The minimum absolute atomic E-state index is 0.0569. The summed E-state index contributed by atoms with van der Waals surface area (Å²) in [5.41, 5.74) is -3.80. The molecule has 4 aliphatic rings. The fourth-order valence-corrected chi connectivity index (χ4v) is 10.3. The van der Waals surface area contributed by atoms with E-state index in [1.54, 1.807) is 19.9 Å². The lowest BCUT2D eigenvalue weighted by Crippen LogP contribution is -2.69. The van der Waals surface area contributed by atoms with Crippen LogP contribution in [0.4, 0.5) is 4.79 Å². The van der Waals surface area contributed by atoms with E-state index in [4.69, 9.17) is 51.4 Å². The molecule has 3 saturated carbocycles. The summed E-state index contributed by atoms with van der Waals surface area (Å²) >= 11 is 7.56. The molecule has 0 aromatic heterocycles. The second kappa shape index (κ2) is 18.2. The number of ketones is 2. The molecule has 20 nitrogen and oxygen atoms in total. The van der Waals surface area contributed by atoms with Crippen molar-refractivity contribution in [2.75, 3.05) is 26.4 Å². The highest BCUT2D eigenvalue weighted by Gasteiger charge is 2.76. The normalized spacial score (nSPS) is 30.9. The van der Waals surface area contributed by atoms with E-state index >= 15 is 0 Å². The molecule has 0 spiro atoms. The van der Waals surface area contributed by atoms with Crippen LogP contribution in [0, 0.1) is 28.6 Å². The van der Waals surface area contributed by atoms with Crippen molar-refractivity contribution in [3.05, 3.63) is 41.5 Å². The summed E-state index contributed by atoms with van der Waals surface area (Å²) in [5, 5.41) is 66.6. The summed E-state index contributed by atoms with van der Waals surface area (Å²) in [6.07, 6.45) is 3.03. The van der Waals surface area contributed by atoms with Crippen LogP contribution in [0.25, 0.3) is 0 Å². The molecule has 326 valence electrons. The molecule has 59 heavy (non-hydrogen) atoms. The van der Waals surface area contributed by atoms with E-state index < -0.39 is 104 Å². The molecule has 0 radical (unpaired) electrons. The maximum atomic E-state index is 14.6. The number of nitrogens with zero attached hydrogens (tertiary/aromatic N) is 2. The second-order valence-electron chi connectivity index (χ2n) is 15.6. The van der Waals surface area contributed by atoms with Gasteiger partial charge in [-0.25, -0.2) is 9.59 Å². The quantitative estimate of drug-likeness (QED) is 0.0221. The van der Waals surface area contributed by atoms with Crippen LogP contribution in [0.2, 0.25) is 0 Å². The van der Waals surface area contributed by atoms with Gasteiger partial charge in [-0.15, -0.1) is 11.6 Å². The summed E-state index contributed by atoms with van der Waals surface area (Å²) < 4.78 is 21.5. The number of halogens is 1. The van der Waals surface area contributed by atoms with Crippen molar-refractivity contribution in [1.29, 1.82) is 0 Å². The first-order valence-corrected chi connectivity index (χ1v) is 19.3. The molecule has 5 rings (SSSR count). The lowest BCUT2D eigenvalue weighted by molar-refractivity contribution is -0.492. The first-order valence-electron chi connectivity index (χ1n) is 19.0. The highest BCUT2D eigenvalue weighted by atomic mass is 35.5. The average molecular weight is 857 g/mol. The highest BCUT2D eigenvalue weighted by molar-refractivity contribution is 6.26. The number of aliphatic hydroxyl groups excluding tert-OH is 1. The number of hydrogen-bond acceptors (Lipinski definition) is 20. The van der Waals surface area contributed by atoms with E-state index in [2.05, 4.69) is 9.68 Å².